The third-order valence-electron chi connectivity index (χ3n) is 3.33. The first-order valence-corrected chi connectivity index (χ1v) is 8.16. The Hall–Kier alpha value is -1.97. The van der Waals surface area contributed by atoms with E-state index in [1.54, 1.807) is 13.0 Å². The van der Waals surface area contributed by atoms with Crippen molar-refractivity contribution >= 4 is 33.5 Å². The van der Waals surface area contributed by atoms with Crippen molar-refractivity contribution in [3.8, 4) is 6.07 Å². The lowest BCUT2D eigenvalue weighted by Crippen LogP contribution is -2.27. The van der Waals surface area contributed by atoms with Crippen LogP contribution in [0, 0.1) is 11.3 Å². The van der Waals surface area contributed by atoms with Crippen LogP contribution in [-0.4, -0.2) is 18.5 Å². The van der Waals surface area contributed by atoms with Gasteiger partial charge in [-0.05, 0) is 18.6 Å². The predicted octanol–water partition coefficient (Wildman–Crippen LogP) is 3.31. The lowest BCUT2D eigenvalue weighted by molar-refractivity contribution is -0.139. The van der Waals surface area contributed by atoms with E-state index in [-0.39, 0.29) is 35.3 Å². The molecule has 0 bridgehead atoms. The predicted molar refractivity (Wildman–Crippen MR) is 89.2 cm³/mol. The van der Waals surface area contributed by atoms with Crippen molar-refractivity contribution in [1.82, 2.24) is 0 Å². The molecule has 1 heterocycles. The van der Waals surface area contributed by atoms with Crippen LogP contribution in [0.2, 0.25) is 0 Å². The molecular formula is C16H14BrClN2O3. The van der Waals surface area contributed by atoms with Crippen LogP contribution < -0.4 is 5.73 Å². The van der Waals surface area contributed by atoms with Gasteiger partial charge >= 0.3 is 5.97 Å². The van der Waals surface area contributed by atoms with Crippen molar-refractivity contribution in [2.75, 3.05) is 12.5 Å². The van der Waals surface area contributed by atoms with E-state index in [1.807, 2.05) is 24.3 Å². The molecule has 5 nitrogen and oxygen atoms in total. The monoisotopic (exact) mass is 396 g/mol. The number of nitrogens with two attached hydrogens (primary N) is 1. The fourth-order valence-electron chi connectivity index (χ4n) is 2.37. The summed E-state index contributed by atoms with van der Waals surface area (Å²) in [5.41, 5.74) is 6.89. The molecule has 1 atom stereocenters. The maximum Gasteiger partial charge on any atom is 0.338 e. The van der Waals surface area contributed by atoms with Gasteiger partial charge in [-0.2, -0.15) is 5.26 Å². The number of hydrogen-bond acceptors (Lipinski definition) is 5. The van der Waals surface area contributed by atoms with Crippen LogP contribution in [-0.2, 0) is 14.3 Å². The lowest BCUT2D eigenvalue weighted by atomic mass is 9.83. The van der Waals surface area contributed by atoms with Crippen LogP contribution in [0.25, 0.3) is 0 Å². The van der Waals surface area contributed by atoms with Gasteiger partial charge in [-0.1, -0.05) is 34.1 Å². The number of alkyl halides is 1. The number of esters is 1. The molecule has 1 aliphatic heterocycles. The second-order valence-corrected chi connectivity index (χ2v) is 5.76. The second-order valence-electron chi connectivity index (χ2n) is 4.64. The summed E-state index contributed by atoms with van der Waals surface area (Å²) in [6.07, 6.45) is 0. The van der Waals surface area contributed by atoms with Crippen molar-refractivity contribution in [2.45, 2.75) is 12.8 Å². The van der Waals surface area contributed by atoms with E-state index < -0.39 is 11.9 Å². The molecule has 0 aromatic heterocycles. The van der Waals surface area contributed by atoms with Gasteiger partial charge in [0.15, 0.2) is 0 Å². The van der Waals surface area contributed by atoms with E-state index in [2.05, 4.69) is 15.9 Å². The van der Waals surface area contributed by atoms with Gasteiger partial charge in [0, 0.05) is 4.47 Å². The Morgan fingerprint density at radius 1 is 1.52 bits per heavy atom. The number of ether oxygens (including phenoxy) is 2. The Kier molecular flexibility index (Phi) is 5.69. The Morgan fingerprint density at radius 3 is 2.78 bits per heavy atom. The van der Waals surface area contributed by atoms with Crippen molar-refractivity contribution in [1.29, 1.82) is 5.26 Å². The van der Waals surface area contributed by atoms with Crippen LogP contribution in [0.1, 0.15) is 18.4 Å². The SMILES string of the molecule is CCOC(=O)C1=C(CCl)OC(N)=C(C#N)[C@@H]1c1ccccc1Br. The number of carbonyl (C=O) groups excluding carboxylic acids is 1. The summed E-state index contributed by atoms with van der Waals surface area (Å²) in [6.45, 7) is 1.90. The van der Waals surface area contributed by atoms with Gasteiger partial charge in [0.2, 0.25) is 5.88 Å². The van der Waals surface area contributed by atoms with E-state index in [0.717, 1.165) is 4.47 Å². The van der Waals surface area contributed by atoms with Crippen LogP contribution in [0.4, 0.5) is 0 Å². The highest BCUT2D eigenvalue weighted by molar-refractivity contribution is 9.10. The molecule has 120 valence electrons. The van der Waals surface area contributed by atoms with Gasteiger partial charge < -0.3 is 15.2 Å². The summed E-state index contributed by atoms with van der Waals surface area (Å²) in [5.74, 6) is -1.20. The average Bonchev–Trinajstić information content (AvgIpc) is 2.54. The van der Waals surface area contributed by atoms with E-state index in [1.165, 1.54) is 0 Å². The van der Waals surface area contributed by atoms with Crippen molar-refractivity contribution in [3.63, 3.8) is 0 Å². The molecular weight excluding hydrogens is 384 g/mol. The Morgan fingerprint density at radius 2 is 2.22 bits per heavy atom. The Bertz CT molecular complexity index is 737. The summed E-state index contributed by atoms with van der Waals surface area (Å²) in [7, 11) is 0. The number of halogens is 2. The van der Waals surface area contributed by atoms with Crippen LogP contribution in [0.3, 0.4) is 0 Å². The summed E-state index contributed by atoms with van der Waals surface area (Å²) in [5, 5.41) is 9.48. The molecule has 2 N–H and O–H groups in total. The fraction of sp³-hybridized carbons (Fsp3) is 0.250. The molecule has 1 aliphatic rings. The second kappa shape index (κ2) is 7.53. The number of benzene rings is 1. The first-order chi connectivity index (χ1) is 11.0. The molecule has 0 aliphatic carbocycles. The first kappa shape index (κ1) is 17.4. The molecule has 0 amide bonds. The highest BCUT2D eigenvalue weighted by Gasteiger charge is 2.38. The highest BCUT2D eigenvalue weighted by atomic mass is 79.9. The lowest BCUT2D eigenvalue weighted by Gasteiger charge is -2.28. The molecule has 0 spiro atoms. The van der Waals surface area contributed by atoms with E-state index >= 15 is 0 Å². The number of nitriles is 1. The molecule has 2 rings (SSSR count). The van der Waals surface area contributed by atoms with E-state index in [9.17, 15) is 10.1 Å². The zero-order valence-electron chi connectivity index (χ0n) is 12.3. The van der Waals surface area contributed by atoms with Crippen LogP contribution in [0.15, 0.2) is 51.5 Å². The van der Waals surface area contributed by atoms with E-state index in [0.29, 0.717) is 5.56 Å². The summed E-state index contributed by atoms with van der Waals surface area (Å²) in [4.78, 5) is 12.4. The normalized spacial score (nSPS) is 17.6. The third-order valence-corrected chi connectivity index (χ3v) is 4.29. The fourth-order valence-corrected chi connectivity index (χ4v) is 3.08. The molecule has 0 fully saturated rings. The average molecular weight is 398 g/mol. The van der Waals surface area contributed by atoms with Gasteiger partial charge in [-0.25, -0.2) is 4.79 Å². The molecule has 0 unspecified atom stereocenters. The maximum atomic E-state index is 12.4. The Balaban J connectivity index is 2.69. The first-order valence-electron chi connectivity index (χ1n) is 6.83. The minimum Gasteiger partial charge on any atom is -0.463 e. The van der Waals surface area contributed by atoms with Crippen LogP contribution >= 0.6 is 27.5 Å². The maximum absolute atomic E-state index is 12.4. The minimum atomic E-state index is -0.697. The van der Waals surface area contributed by atoms with E-state index in [4.69, 9.17) is 26.8 Å². The van der Waals surface area contributed by atoms with Crippen molar-refractivity contribution in [3.05, 3.63) is 57.1 Å². The minimum absolute atomic E-state index is 0.0584. The summed E-state index contributed by atoms with van der Waals surface area (Å²) >= 11 is 9.35. The molecule has 0 saturated carbocycles. The molecule has 0 saturated heterocycles. The zero-order valence-corrected chi connectivity index (χ0v) is 14.6. The summed E-state index contributed by atoms with van der Waals surface area (Å²) < 4.78 is 11.2. The highest BCUT2D eigenvalue weighted by Crippen LogP contribution is 2.42. The topological polar surface area (TPSA) is 85.3 Å². The van der Waals surface area contributed by atoms with Crippen molar-refractivity contribution < 1.29 is 14.3 Å². The van der Waals surface area contributed by atoms with Gasteiger partial charge in [0.05, 0.1) is 24.0 Å². The molecule has 1 aromatic carbocycles. The Labute approximate surface area is 147 Å². The number of hydrogen-bond donors (Lipinski definition) is 1. The third kappa shape index (κ3) is 3.36. The molecule has 1 aromatic rings. The van der Waals surface area contributed by atoms with Gasteiger partial charge in [0.25, 0.3) is 0 Å². The van der Waals surface area contributed by atoms with Gasteiger partial charge in [-0.3, -0.25) is 0 Å². The smallest absolute Gasteiger partial charge is 0.338 e. The molecule has 7 heteroatoms. The number of carbonyl (C=O) groups is 1. The van der Waals surface area contributed by atoms with Crippen molar-refractivity contribution in [2.24, 2.45) is 5.73 Å². The standard InChI is InChI=1S/C16H14BrClN2O3/c1-2-22-16(21)14-12(7-18)23-15(20)10(8-19)13(14)9-5-3-4-6-11(9)17/h3-6,13H,2,7,20H2,1H3/t13-/m0/s1. The molecule has 0 radical (unpaired) electrons. The van der Waals surface area contributed by atoms with Crippen LogP contribution in [0.5, 0.6) is 0 Å². The number of allylic oxidation sites excluding steroid dienone is 2. The summed E-state index contributed by atoms with van der Waals surface area (Å²) in [6, 6.07) is 9.29. The quantitative estimate of drug-likeness (QED) is 0.622. The number of nitrogens with zero attached hydrogens (tertiary/aromatic N) is 1. The number of rotatable bonds is 4. The van der Waals surface area contributed by atoms with Gasteiger partial charge in [-0.15, -0.1) is 11.6 Å². The zero-order chi connectivity index (χ0) is 17.0. The van der Waals surface area contributed by atoms with Gasteiger partial charge in [0.1, 0.15) is 17.4 Å². The largest absolute Gasteiger partial charge is 0.463 e. The molecule has 23 heavy (non-hydrogen) atoms.